The number of piperidine rings is 3. The van der Waals surface area contributed by atoms with Crippen molar-refractivity contribution in [1.29, 1.82) is 0 Å². The summed E-state index contributed by atoms with van der Waals surface area (Å²) in [5.74, 6) is 2.04. The minimum atomic E-state index is -0.107. The van der Waals surface area contributed by atoms with Crippen LogP contribution in [0, 0.1) is 12.8 Å². The molecule has 3 fully saturated rings. The predicted molar refractivity (Wildman–Crippen MR) is 81.4 cm³/mol. The van der Waals surface area contributed by atoms with E-state index in [0.717, 1.165) is 18.0 Å². The standard InChI is InChI=1S/C16H20N4O2/c1-10-2-3-15(22-10)12-8-13(19-18-12)16(21)17-14-9-20-6-4-11(14)5-7-20/h2-3,8,11,14H,4-7,9H2,1H3,(H,17,21)(H,18,19)/t14-/m1/s1. The molecule has 2 aromatic rings. The van der Waals surface area contributed by atoms with E-state index in [-0.39, 0.29) is 11.9 Å². The maximum atomic E-state index is 12.4. The molecule has 0 saturated carbocycles. The summed E-state index contributed by atoms with van der Waals surface area (Å²) in [6.45, 7) is 5.19. The Morgan fingerprint density at radius 3 is 2.86 bits per heavy atom. The monoisotopic (exact) mass is 300 g/mol. The molecule has 5 rings (SSSR count). The van der Waals surface area contributed by atoms with Gasteiger partial charge in [-0.25, -0.2) is 0 Å². The van der Waals surface area contributed by atoms with Crippen molar-refractivity contribution >= 4 is 5.91 Å². The Labute approximate surface area is 128 Å². The first-order valence-electron chi connectivity index (χ1n) is 7.84. The van der Waals surface area contributed by atoms with Gasteiger partial charge in [0.2, 0.25) is 0 Å². The van der Waals surface area contributed by atoms with Gasteiger partial charge in [0, 0.05) is 18.7 Å². The fourth-order valence-electron chi connectivity index (χ4n) is 3.51. The molecular weight excluding hydrogens is 280 g/mol. The van der Waals surface area contributed by atoms with Gasteiger partial charge < -0.3 is 14.6 Å². The third-order valence-electron chi connectivity index (χ3n) is 4.79. The number of rotatable bonds is 3. The second kappa shape index (κ2) is 5.28. The molecule has 116 valence electrons. The third kappa shape index (κ3) is 2.43. The van der Waals surface area contributed by atoms with Crippen LogP contribution in [0.1, 0.15) is 29.1 Å². The number of hydrogen-bond acceptors (Lipinski definition) is 4. The zero-order valence-corrected chi connectivity index (χ0v) is 12.6. The zero-order chi connectivity index (χ0) is 15.1. The molecule has 5 heterocycles. The number of furan rings is 1. The molecule has 2 N–H and O–H groups in total. The molecule has 3 aliphatic rings. The van der Waals surface area contributed by atoms with Gasteiger partial charge in [-0.3, -0.25) is 9.89 Å². The number of hydrogen-bond donors (Lipinski definition) is 2. The van der Waals surface area contributed by atoms with Crippen molar-refractivity contribution < 1.29 is 9.21 Å². The van der Waals surface area contributed by atoms with E-state index in [1.54, 1.807) is 6.07 Å². The molecule has 6 nitrogen and oxygen atoms in total. The van der Waals surface area contributed by atoms with Crippen molar-refractivity contribution in [2.24, 2.45) is 5.92 Å². The minimum Gasteiger partial charge on any atom is -0.460 e. The Kier molecular flexibility index (Phi) is 3.26. The van der Waals surface area contributed by atoms with Crippen LogP contribution < -0.4 is 5.32 Å². The lowest BCUT2D eigenvalue weighted by Crippen LogP contribution is -2.57. The van der Waals surface area contributed by atoms with Crippen LogP contribution in [-0.4, -0.2) is 46.7 Å². The molecule has 1 amide bonds. The quantitative estimate of drug-likeness (QED) is 0.906. The van der Waals surface area contributed by atoms with Gasteiger partial charge in [0.05, 0.1) is 0 Å². The summed E-state index contributed by atoms with van der Waals surface area (Å²) in [7, 11) is 0. The number of aryl methyl sites for hydroxylation is 1. The topological polar surface area (TPSA) is 74.2 Å². The van der Waals surface area contributed by atoms with Gasteiger partial charge in [0.1, 0.15) is 11.5 Å². The fourth-order valence-corrected chi connectivity index (χ4v) is 3.51. The van der Waals surface area contributed by atoms with Crippen LogP contribution in [-0.2, 0) is 0 Å². The smallest absolute Gasteiger partial charge is 0.272 e. The zero-order valence-electron chi connectivity index (χ0n) is 12.6. The summed E-state index contributed by atoms with van der Waals surface area (Å²) in [6, 6.07) is 5.76. The number of aromatic amines is 1. The second-order valence-electron chi connectivity index (χ2n) is 6.30. The first kappa shape index (κ1) is 13.6. The number of carbonyl (C=O) groups excluding carboxylic acids is 1. The molecule has 3 aliphatic heterocycles. The number of H-pyrrole nitrogens is 1. The number of aromatic nitrogens is 2. The summed E-state index contributed by atoms with van der Waals surface area (Å²) in [4.78, 5) is 14.8. The van der Waals surface area contributed by atoms with E-state index in [4.69, 9.17) is 4.42 Å². The van der Waals surface area contributed by atoms with Gasteiger partial charge >= 0.3 is 0 Å². The molecule has 0 unspecified atom stereocenters. The van der Waals surface area contributed by atoms with Crippen molar-refractivity contribution in [3.8, 4) is 11.5 Å². The van der Waals surface area contributed by atoms with Crippen LogP contribution >= 0.6 is 0 Å². The number of amides is 1. The van der Waals surface area contributed by atoms with Gasteiger partial charge in [-0.2, -0.15) is 5.10 Å². The van der Waals surface area contributed by atoms with Gasteiger partial charge in [-0.1, -0.05) is 0 Å². The highest BCUT2D eigenvalue weighted by molar-refractivity contribution is 5.93. The second-order valence-corrected chi connectivity index (χ2v) is 6.30. The summed E-state index contributed by atoms with van der Waals surface area (Å²) < 4.78 is 5.54. The summed E-state index contributed by atoms with van der Waals surface area (Å²) in [5, 5.41) is 10.1. The van der Waals surface area contributed by atoms with E-state index in [9.17, 15) is 4.79 Å². The molecule has 22 heavy (non-hydrogen) atoms. The SMILES string of the molecule is Cc1ccc(-c2cc(C(=O)N[C@@H]3CN4CCC3CC4)n[nH]2)o1. The minimum absolute atomic E-state index is 0.107. The Morgan fingerprint density at radius 1 is 1.41 bits per heavy atom. The van der Waals surface area contributed by atoms with Crippen LogP contribution in [0.5, 0.6) is 0 Å². The largest absolute Gasteiger partial charge is 0.460 e. The van der Waals surface area contributed by atoms with Crippen LogP contribution in [0.25, 0.3) is 11.5 Å². The third-order valence-corrected chi connectivity index (χ3v) is 4.79. The molecule has 2 aromatic heterocycles. The van der Waals surface area contributed by atoms with Crippen LogP contribution in [0.4, 0.5) is 0 Å². The average molecular weight is 300 g/mol. The molecule has 0 aromatic carbocycles. The van der Waals surface area contributed by atoms with Crippen molar-refractivity contribution in [1.82, 2.24) is 20.4 Å². The van der Waals surface area contributed by atoms with Crippen LogP contribution in [0.2, 0.25) is 0 Å². The lowest BCUT2D eigenvalue weighted by atomic mass is 9.84. The first-order chi connectivity index (χ1) is 10.7. The highest BCUT2D eigenvalue weighted by Crippen LogP contribution is 2.27. The summed E-state index contributed by atoms with van der Waals surface area (Å²) >= 11 is 0. The molecule has 0 radical (unpaired) electrons. The van der Waals surface area contributed by atoms with Crippen molar-refractivity contribution in [3.05, 3.63) is 29.7 Å². The van der Waals surface area contributed by atoms with E-state index >= 15 is 0 Å². The lowest BCUT2D eigenvalue weighted by Gasteiger charge is -2.44. The van der Waals surface area contributed by atoms with Crippen molar-refractivity contribution in [3.63, 3.8) is 0 Å². The van der Waals surface area contributed by atoms with E-state index in [2.05, 4.69) is 20.4 Å². The fraction of sp³-hybridized carbons (Fsp3) is 0.500. The van der Waals surface area contributed by atoms with Crippen LogP contribution in [0.15, 0.2) is 22.6 Å². The van der Waals surface area contributed by atoms with E-state index in [0.29, 0.717) is 17.4 Å². The molecule has 3 saturated heterocycles. The van der Waals surface area contributed by atoms with Gasteiger partial charge in [-0.15, -0.1) is 0 Å². The Bertz CT molecular complexity index is 682. The van der Waals surface area contributed by atoms with Gasteiger partial charge in [0.15, 0.2) is 11.5 Å². The predicted octanol–water partition coefficient (Wildman–Crippen LogP) is 1.80. The molecule has 0 spiro atoms. The van der Waals surface area contributed by atoms with Gasteiger partial charge in [0.25, 0.3) is 5.91 Å². The maximum Gasteiger partial charge on any atom is 0.272 e. The van der Waals surface area contributed by atoms with Gasteiger partial charge in [-0.05, 0) is 50.9 Å². The highest BCUT2D eigenvalue weighted by Gasteiger charge is 2.35. The van der Waals surface area contributed by atoms with Crippen molar-refractivity contribution in [2.75, 3.05) is 19.6 Å². The molecule has 1 atom stereocenters. The van der Waals surface area contributed by atoms with E-state index in [1.165, 1.54) is 25.9 Å². The number of carbonyl (C=O) groups is 1. The number of fused-ring (bicyclic) bond motifs is 3. The summed E-state index contributed by atoms with van der Waals surface area (Å²) in [5.41, 5.74) is 1.15. The molecular formula is C16H20N4O2. The average Bonchev–Trinajstić information content (AvgIpc) is 3.17. The normalized spacial score (nSPS) is 27.0. The Morgan fingerprint density at radius 2 is 2.23 bits per heavy atom. The highest BCUT2D eigenvalue weighted by atomic mass is 16.3. The van der Waals surface area contributed by atoms with E-state index in [1.807, 2.05) is 19.1 Å². The molecule has 0 aliphatic carbocycles. The Balaban J connectivity index is 1.46. The molecule has 2 bridgehead atoms. The van der Waals surface area contributed by atoms with E-state index < -0.39 is 0 Å². The van der Waals surface area contributed by atoms with Crippen LogP contribution in [0.3, 0.4) is 0 Å². The van der Waals surface area contributed by atoms with Crippen molar-refractivity contribution in [2.45, 2.75) is 25.8 Å². The maximum absolute atomic E-state index is 12.4. The Hall–Kier alpha value is -2.08. The summed E-state index contributed by atoms with van der Waals surface area (Å²) in [6.07, 6.45) is 2.37. The lowest BCUT2D eigenvalue weighted by molar-refractivity contribution is 0.0618. The number of nitrogens with one attached hydrogen (secondary N) is 2. The number of nitrogens with zero attached hydrogens (tertiary/aromatic N) is 2. The molecule has 6 heteroatoms. The first-order valence-corrected chi connectivity index (χ1v) is 7.84.